The number of imide groups is 1. The lowest BCUT2D eigenvalue weighted by molar-refractivity contribution is -0.144. The molecule has 0 spiro atoms. The number of rotatable bonds is 4. The lowest BCUT2D eigenvalue weighted by Gasteiger charge is -2.36. The zero-order valence-electron chi connectivity index (χ0n) is 18.4. The summed E-state index contributed by atoms with van der Waals surface area (Å²) >= 11 is 0. The number of piperazine rings is 1. The van der Waals surface area contributed by atoms with Gasteiger partial charge in [-0.25, -0.2) is 4.79 Å². The topological polar surface area (TPSA) is 102 Å². The molecule has 0 aromatic heterocycles. The Hall–Kier alpha value is -3.20. The number of carbonyl (C=O) groups is 4. The smallest absolute Gasteiger partial charge is 0.318 e. The van der Waals surface area contributed by atoms with Crippen molar-refractivity contribution in [1.29, 1.82) is 0 Å². The van der Waals surface area contributed by atoms with Gasteiger partial charge in [-0.05, 0) is 12.5 Å². The Kier molecular flexibility index (Phi) is 6.27. The maximum atomic E-state index is 13.6. The monoisotopic (exact) mass is 439 g/mol. The first-order valence-electron chi connectivity index (χ1n) is 11.1. The van der Waals surface area contributed by atoms with Crippen molar-refractivity contribution in [2.24, 2.45) is 11.8 Å². The lowest BCUT2D eigenvalue weighted by atomic mass is 9.88. The fourth-order valence-corrected chi connectivity index (χ4v) is 4.92. The van der Waals surface area contributed by atoms with E-state index in [1.54, 1.807) is 17.9 Å². The highest BCUT2D eigenvalue weighted by molar-refractivity contribution is 6.09. The van der Waals surface area contributed by atoms with Crippen LogP contribution in [0.3, 0.4) is 0 Å². The predicted molar refractivity (Wildman–Crippen MR) is 118 cm³/mol. The van der Waals surface area contributed by atoms with Crippen LogP contribution in [0.4, 0.5) is 4.79 Å². The molecule has 4 atom stereocenters. The Labute approximate surface area is 187 Å². The first-order valence-corrected chi connectivity index (χ1v) is 11.1. The standard InChI is InChI=1S/C23H29N5O4/c1-3-25-23(32)28-16(10-9-15-7-5-4-6-8-15)17-18(21(30)26(2)20(17)29)19(28)22(31)27-13-11-24-12-14-27/h4-10,16-19,24H,3,11-14H2,1-2H3,(H,25,32). The fraction of sp³-hybridized carbons (Fsp3) is 0.478. The molecule has 170 valence electrons. The third-order valence-corrected chi connectivity index (χ3v) is 6.48. The van der Waals surface area contributed by atoms with Crippen LogP contribution in [0.25, 0.3) is 6.08 Å². The van der Waals surface area contributed by atoms with Gasteiger partial charge >= 0.3 is 6.03 Å². The molecular formula is C23H29N5O4. The van der Waals surface area contributed by atoms with Gasteiger partial charge in [-0.2, -0.15) is 0 Å². The van der Waals surface area contributed by atoms with Gasteiger partial charge in [0, 0.05) is 39.8 Å². The van der Waals surface area contributed by atoms with E-state index >= 15 is 0 Å². The van der Waals surface area contributed by atoms with Crippen molar-refractivity contribution in [3.8, 4) is 0 Å². The lowest BCUT2D eigenvalue weighted by Crippen LogP contribution is -2.58. The molecule has 0 aliphatic carbocycles. The predicted octanol–water partition coefficient (Wildman–Crippen LogP) is 0.145. The van der Waals surface area contributed by atoms with Crippen molar-refractivity contribution in [3.63, 3.8) is 0 Å². The van der Waals surface area contributed by atoms with Crippen molar-refractivity contribution in [3.05, 3.63) is 42.0 Å². The Morgan fingerprint density at radius 1 is 1.09 bits per heavy atom. The van der Waals surface area contributed by atoms with Crippen LogP contribution >= 0.6 is 0 Å². The van der Waals surface area contributed by atoms with E-state index in [0.29, 0.717) is 32.7 Å². The second-order valence-corrected chi connectivity index (χ2v) is 8.31. The quantitative estimate of drug-likeness (QED) is 0.650. The zero-order valence-corrected chi connectivity index (χ0v) is 18.4. The Morgan fingerprint density at radius 3 is 2.41 bits per heavy atom. The molecule has 4 rings (SSSR count). The average molecular weight is 440 g/mol. The third-order valence-electron chi connectivity index (χ3n) is 6.48. The van der Waals surface area contributed by atoms with Crippen LogP contribution in [0.5, 0.6) is 0 Å². The van der Waals surface area contributed by atoms with Crippen molar-refractivity contribution in [1.82, 2.24) is 25.3 Å². The van der Waals surface area contributed by atoms with Gasteiger partial charge in [0.2, 0.25) is 17.7 Å². The summed E-state index contributed by atoms with van der Waals surface area (Å²) < 4.78 is 0. The summed E-state index contributed by atoms with van der Waals surface area (Å²) in [6, 6.07) is 7.36. The number of likely N-dealkylation sites (tertiary alicyclic amines) is 2. The number of fused-ring (bicyclic) bond motifs is 1. The summed E-state index contributed by atoms with van der Waals surface area (Å²) in [6.45, 7) is 4.46. The van der Waals surface area contributed by atoms with E-state index in [0.717, 1.165) is 10.5 Å². The molecule has 1 aromatic rings. The molecule has 4 unspecified atom stereocenters. The normalized spacial score (nSPS) is 27.9. The second kappa shape index (κ2) is 9.12. The summed E-state index contributed by atoms with van der Waals surface area (Å²) in [7, 11) is 1.45. The number of amides is 5. The zero-order chi connectivity index (χ0) is 22.8. The second-order valence-electron chi connectivity index (χ2n) is 8.31. The first kappa shape index (κ1) is 22.0. The maximum Gasteiger partial charge on any atom is 0.318 e. The summed E-state index contributed by atoms with van der Waals surface area (Å²) in [6.07, 6.45) is 3.61. The highest BCUT2D eigenvalue weighted by Crippen LogP contribution is 2.43. The summed E-state index contributed by atoms with van der Waals surface area (Å²) in [4.78, 5) is 57.1. The van der Waals surface area contributed by atoms with Crippen LogP contribution in [0, 0.1) is 11.8 Å². The van der Waals surface area contributed by atoms with E-state index in [-0.39, 0.29) is 11.8 Å². The van der Waals surface area contributed by atoms with Crippen LogP contribution in [-0.4, -0.2) is 90.3 Å². The minimum Gasteiger partial charge on any atom is -0.338 e. The minimum absolute atomic E-state index is 0.278. The van der Waals surface area contributed by atoms with Crippen molar-refractivity contribution < 1.29 is 19.2 Å². The summed E-state index contributed by atoms with van der Waals surface area (Å²) in [5, 5.41) is 5.97. The van der Waals surface area contributed by atoms with Crippen molar-refractivity contribution in [2.75, 3.05) is 39.8 Å². The number of carbonyl (C=O) groups excluding carboxylic acids is 4. The highest BCUT2D eigenvalue weighted by Gasteiger charge is 2.64. The van der Waals surface area contributed by atoms with Crippen LogP contribution < -0.4 is 10.6 Å². The molecule has 3 fully saturated rings. The number of nitrogens with zero attached hydrogens (tertiary/aromatic N) is 3. The fourth-order valence-electron chi connectivity index (χ4n) is 4.92. The molecule has 32 heavy (non-hydrogen) atoms. The molecule has 5 amide bonds. The Bertz CT molecular complexity index is 928. The van der Waals surface area contributed by atoms with E-state index in [2.05, 4.69) is 10.6 Å². The van der Waals surface area contributed by atoms with Gasteiger partial charge in [0.15, 0.2) is 0 Å². The number of hydrogen-bond donors (Lipinski definition) is 2. The van der Waals surface area contributed by atoms with Gasteiger partial charge in [0.05, 0.1) is 17.9 Å². The Balaban J connectivity index is 1.76. The van der Waals surface area contributed by atoms with Gasteiger partial charge in [0.25, 0.3) is 0 Å². The number of hydrogen-bond acceptors (Lipinski definition) is 5. The van der Waals surface area contributed by atoms with E-state index in [1.807, 2.05) is 36.4 Å². The highest BCUT2D eigenvalue weighted by atomic mass is 16.2. The first-order chi connectivity index (χ1) is 15.5. The third kappa shape index (κ3) is 3.77. The van der Waals surface area contributed by atoms with Crippen molar-refractivity contribution >= 4 is 29.8 Å². The number of nitrogens with one attached hydrogen (secondary N) is 2. The number of benzene rings is 1. The molecule has 1 aromatic carbocycles. The van der Waals surface area contributed by atoms with E-state index in [9.17, 15) is 19.2 Å². The molecule has 3 heterocycles. The molecule has 0 saturated carbocycles. The molecule has 2 N–H and O–H groups in total. The molecular weight excluding hydrogens is 410 g/mol. The molecule has 0 radical (unpaired) electrons. The van der Waals surface area contributed by atoms with Crippen LogP contribution in [-0.2, 0) is 14.4 Å². The molecule has 3 saturated heterocycles. The van der Waals surface area contributed by atoms with Gasteiger partial charge in [-0.1, -0.05) is 42.5 Å². The maximum absolute atomic E-state index is 13.6. The largest absolute Gasteiger partial charge is 0.338 e. The number of urea groups is 1. The van der Waals surface area contributed by atoms with E-state index in [4.69, 9.17) is 0 Å². The van der Waals surface area contributed by atoms with Gasteiger partial charge in [-0.15, -0.1) is 0 Å². The van der Waals surface area contributed by atoms with Gasteiger partial charge < -0.3 is 20.4 Å². The average Bonchev–Trinajstić information content (AvgIpc) is 3.27. The van der Waals surface area contributed by atoms with Crippen molar-refractivity contribution in [2.45, 2.75) is 19.0 Å². The Morgan fingerprint density at radius 2 is 1.75 bits per heavy atom. The SMILES string of the molecule is CCNC(=O)N1C(C=Cc2ccccc2)C2C(=O)N(C)C(=O)C2C1C(=O)N1CCNCC1. The van der Waals surface area contributed by atoms with Crippen LogP contribution in [0.1, 0.15) is 12.5 Å². The molecule has 0 bridgehead atoms. The summed E-state index contributed by atoms with van der Waals surface area (Å²) in [5.74, 6) is -2.71. The minimum atomic E-state index is -1.02. The molecule has 9 heteroatoms. The molecule has 3 aliphatic heterocycles. The van der Waals surface area contributed by atoms with Gasteiger partial charge in [-0.3, -0.25) is 19.3 Å². The van der Waals surface area contributed by atoms with Crippen LogP contribution in [0.2, 0.25) is 0 Å². The van der Waals surface area contributed by atoms with E-state index in [1.165, 1.54) is 11.9 Å². The van der Waals surface area contributed by atoms with Crippen LogP contribution in [0.15, 0.2) is 36.4 Å². The molecule has 9 nitrogen and oxygen atoms in total. The summed E-state index contributed by atoms with van der Waals surface area (Å²) in [5.41, 5.74) is 0.905. The van der Waals surface area contributed by atoms with Gasteiger partial charge in [0.1, 0.15) is 6.04 Å². The molecule has 3 aliphatic rings. The van der Waals surface area contributed by atoms with E-state index < -0.39 is 35.9 Å².